The quantitative estimate of drug-likeness (QED) is 0.607. The fourth-order valence-electron chi connectivity index (χ4n) is 4.86. The van der Waals surface area contributed by atoms with E-state index in [9.17, 15) is 0 Å². The molecule has 138 valence electrons. The first-order valence-corrected chi connectivity index (χ1v) is 9.53. The summed E-state index contributed by atoms with van der Waals surface area (Å²) in [5, 5.41) is 0. The fourth-order valence-corrected chi connectivity index (χ4v) is 4.86. The minimum absolute atomic E-state index is 0.460. The molecule has 0 bridgehead atoms. The van der Waals surface area contributed by atoms with Crippen molar-refractivity contribution in [2.45, 2.75) is 46.1 Å². The molecule has 3 nitrogen and oxygen atoms in total. The minimum atomic E-state index is 0.460. The van der Waals surface area contributed by atoms with Gasteiger partial charge in [0.15, 0.2) is 11.5 Å². The molecule has 0 spiro atoms. The average Bonchev–Trinajstić information content (AvgIpc) is 3.31. The molecule has 0 heterocycles. The Labute approximate surface area is 152 Å². The Hall–Kier alpha value is -1.48. The molecule has 0 N–H and O–H groups in total. The Morgan fingerprint density at radius 1 is 1.20 bits per heavy atom. The molecule has 2 aliphatic carbocycles. The van der Waals surface area contributed by atoms with Gasteiger partial charge in [0.2, 0.25) is 0 Å². The van der Waals surface area contributed by atoms with E-state index < -0.39 is 0 Å². The van der Waals surface area contributed by atoms with Gasteiger partial charge in [-0.1, -0.05) is 39.0 Å². The molecular formula is C22H32O3. The van der Waals surface area contributed by atoms with Crippen LogP contribution in [-0.4, -0.2) is 26.9 Å². The van der Waals surface area contributed by atoms with Crippen LogP contribution in [0.4, 0.5) is 0 Å². The number of fused-ring (bicyclic) bond motifs is 1. The van der Waals surface area contributed by atoms with E-state index in [4.69, 9.17) is 14.2 Å². The van der Waals surface area contributed by atoms with Gasteiger partial charge in [0.1, 0.15) is 0 Å². The van der Waals surface area contributed by atoms with Gasteiger partial charge < -0.3 is 14.2 Å². The van der Waals surface area contributed by atoms with Crippen LogP contribution in [0.25, 0.3) is 6.08 Å². The third-order valence-corrected chi connectivity index (χ3v) is 6.37. The number of benzene rings is 1. The van der Waals surface area contributed by atoms with Crippen LogP contribution in [0, 0.1) is 23.2 Å². The summed E-state index contributed by atoms with van der Waals surface area (Å²) in [6, 6.07) is 5.98. The smallest absolute Gasteiger partial charge is 0.161 e. The molecule has 4 unspecified atom stereocenters. The summed E-state index contributed by atoms with van der Waals surface area (Å²) in [7, 11) is 3.32. The van der Waals surface area contributed by atoms with E-state index in [0.29, 0.717) is 11.5 Å². The Bertz CT molecular complexity index is 622. The zero-order valence-electron chi connectivity index (χ0n) is 16.2. The van der Waals surface area contributed by atoms with Crippen molar-refractivity contribution < 1.29 is 14.2 Å². The number of ether oxygens (including phenoxy) is 3. The lowest BCUT2D eigenvalue weighted by molar-refractivity contribution is -0.00584. The lowest BCUT2D eigenvalue weighted by Crippen LogP contribution is -2.28. The summed E-state index contributed by atoms with van der Waals surface area (Å²) in [6.07, 6.45) is 8.33. The molecule has 0 aliphatic heterocycles. The summed E-state index contributed by atoms with van der Waals surface area (Å²) in [6.45, 7) is 7.94. The summed E-state index contributed by atoms with van der Waals surface area (Å²) in [4.78, 5) is 0. The van der Waals surface area contributed by atoms with Crippen molar-refractivity contribution in [2.75, 3.05) is 20.8 Å². The highest BCUT2D eigenvalue weighted by Gasteiger charge is 2.67. The third kappa shape index (κ3) is 3.44. The van der Waals surface area contributed by atoms with Crippen LogP contribution < -0.4 is 9.47 Å². The van der Waals surface area contributed by atoms with Crippen molar-refractivity contribution in [3.8, 4) is 11.5 Å². The molecule has 1 aromatic carbocycles. The first kappa shape index (κ1) is 18.3. The summed E-state index contributed by atoms with van der Waals surface area (Å²) in [5.74, 6) is 3.99. The highest BCUT2D eigenvalue weighted by Crippen LogP contribution is 2.70. The average molecular weight is 344 g/mol. The SMILES string of the molecule is COc1ccc(/C=C/CCOC2CC(C)C3CC23C(C)C)cc1OC. The fraction of sp³-hybridized carbons (Fsp3) is 0.636. The normalized spacial score (nSPS) is 30.7. The van der Waals surface area contributed by atoms with E-state index in [1.54, 1.807) is 14.2 Å². The molecule has 0 aromatic heterocycles. The summed E-state index contributed by atoms with van der Waals surface area (Å²) < 4.78 is 16.9. The first-order chi connectivity index (χ1) is 12.0. The van der Waals surface area contributed by atoms with Gasteiger partial charge in [-0.25, -0.2) is 0 Å². The van der Waals surface area contributed by atoms with Crippen molar-refractivity contribution in [1.29, 1.82) is 0 Å². The van der Waals surface area contributed by atoms with Gasteiger partial charge in [-0.3, -0.25) is 0 Å². The molecule has 3 heteroatoms. The Morgan fingerprint density at radius 3 is 2.60 bits per heavy atom. The maximum atomic E-state index is 6.32. The van der Waals surface area contributed by atoms with Gasteiger partial charge in [-0.05, 0) is 54.7 Å². The molecular weight excluding hydrogens is 312 g/mol. The van der Waals surface area contributed by atoms with E-state index in [-0.39, 0.29) is 0 Å². The van der Waals surface area contributed by atoms with E-state index in [2.05, 4.69) is 32.9 Å². The lowest BCUT2D eigenvalue weighted by atomic mass is 9.87. The topological polar surface area (TPSA) is 27.7 Å². The number of hydrogen-bond donors (Lipinski definition) is 0. The molecule has 4 atom stereocenters. The van der Waals surface area contributed by atoms with Crippen LogP contribution in [0.2, 0.25) is 0 Å². The molecule has 0 amide bonds. The molecule has 2 saturated carbocycles. The maximum Gasteiger partial charge on any atom is 0.161 e. The minimum Gasteiger partial charge on any atom is -0.493 e. The van der Waals surface area contributed by atoms with Crippen LogP contribution in [-0.2, 0) is 4.74 Å². The van der Waals surface area contributed by atoms with Crippen molar-refractivity contribution in [1.82, 2.24) is 0 Å². The van der Waals surface area contributed by atoms with E-state index in [1.807, 2.05) is 18.2 Å². The molecule has 25 heavy (non-hydrogen) atoms. The molecule has 0 saturated heterocycles. The van der Waals surface area contributed by atoms with Crippen LogP contribution in [0.3, 0.4) is 0 Å². The molecule has 2 aliphatic rings. The standard InChI is InChI=1S/C22H32O3/c1-15(2)22-14-18(22)16(3)12-21(22)25-11-7-6-8-17-9-10-19(23-4)20(13-17)24-5/h6,8-10,13,15-16,18,21H,7,11-12,14H2,1-5H3/b8-6+. The monoisotopic (exact) mass is 344 g/mol. The molecule has 0 radical (unpaired) electrons. The van der Waals surface area contributed by atoms with Crippen molar-refractivity contribution in [2.24, 2.45) is 23.2 Å². The van der Waals surface area contributed by atoms with Crippen LogP contribution >= 0.6 is 0 Å². The zero-order chi connectivity index (χ0) is 18.0. The molecule has 3 rings (SSSR count). The second kappa shape index (κ2) is 7.41. The second-order valence-electron chi connectivity index (χ2n) is 7.96. The largest absolute Gasteiger partial charge is 0.493 e. The highest BCUT2D eigenvalue weighted by molar-refractivity contribution is 5.55. The molecule has 1 aromatic rings. The van der Waals surface area contributed by atoms with Crippen molar-refractivity contribution in [3.05, 3.63) is 29.8 Å². The van der Waals surface area contributed by atoms with E-state index >= 15 is 0 Å². The van der Waals surface area contributed by atoms with E-state index in [1.165, 1.54) is 12.8 Å². The second-order valence-corrected chi connectivity index (χ2v) is 7.96. The van der Waals surface area contributed by atoms with Gasteiger partial charge in [-0.15, -0.1) is 0 Å². The van der Waals surface area contributed by atoms with Gasteiger partial charge in [0, 0.05) is 5.41 Å². The third-order valence-electron chi connectivity index (χ3n) is 6.37. The summed E-state index contributed by atoms with van der Waals surface area (Å²) >= 11 is 0. The summed E-state index contributed by atoms with van der Waals surface area (Å²) in [5.41, 5.74) is 1.60. The lowest BCUT2D eigenvalue weighted by Gasteiger charge is -2.27. The Kier molecular flexibility index (Phi) is 5.43. The molecule has 2 fully saturated rings. The van der Waals surface area contributed by atoms with Crippen molar-refractivity contribution in [3.63, 3.8) is 0 Å². The van der Waals surface area contributed by atoms with Crippen LogP contribution in [0.1, 0.15) is 45.6 Å². The number of methoxy groups -OCH3 is 2. The first-order valence-electron chi connectivity index (χ1n) is 9.53. The number of hydrogen-bond acceptors (Lipinski definition) is 3. The van der Waals surface area contributed by atoms with E-state index in [0.717, 1.165) is 47.8 Å². The number of rotatable bonds is 8. The van der Waals surface area contributed by atoms with Gasteiger partial charge in [-0.2, -0.15) is 0 Å². The van der Waals surface area contributed by atoms with Crippen LogP contribution in [0.15, 0.2) is 24.3 Å². The Morgan fingerprint density at radius 2 is 1.96 bits per heavy atom. The van der Waals surface area contributed by atoms with Gasteiger partial charge >= 0.3 is 0 Å². The maximum absolute atomic E-state index is 6.32. The zero-order valence-corrected chi connectivity index (χ0v) is 16.2. The van der Waals surface area contributed by atoms with Gasteiger partial charge in [0.25, 0.3) is 0 Å². The Balaban J connectivity index is 1.50. The van der Waals surface area contributed by atoms with Gasteiger partial charge in [0.05, 0.1) is 26.9 Å². The van der Waals surface area contributed by atoms with Crippen molar-refractivity contribution >= 4 is 6.08 Å². The van der Waals surface area contributed by atoms with Crippen LogP contribution in [0.5, 0.6) is 11.5 Å². The predicted molar refractivity (Wildman–Crippen MR) is 102 cm³/mol. The highest BCUT2D eigenvalue weighted by atomic mass is 16.5. The predicted octanol–water partition coefficient (Wildman–Crippen LogP) is 5.19.